The molecule has 4 aromatic rings. The van der Waals surface area contributed by atoms with Crippen molar-refractivity contribution in [1.29, 1.82) is 0 Å². The number of benzene rings is 2. The lowest BCUT2D eigenvalue weighted by Gasteiger charge is -2.14. The maximum absolute atomic E-state index is 13.7. The molecule has 5 nitrogen and oxygen atoms in total. The van der Waals surface area contributed by atoms with Gasteiger partial charge in [0.05, 0.1) is 5.39 Å². The zero-order chi connectivity index (χ0) is 22.2. The highest BCUT2D eigenvalue weighted by atomic mass is 35.5. The van der Waals surface area contributed by atoms with E-state index in [2.05, 4.69) is 5.32 Å². The lowest BCUT2D eigenvalue weighted by atomic mass is 9.97. The van der Waals surface area contributed by atoms with E-state index in [4.69, 9.17) is 16.6 Å². The largest absolute Gasteiger partial charge is 0.324 e. The molecule has 1 aliphatic rings. The average molecular weight is 464 g/mol. The van der Waals surface area contributed by atoms with Crippen LogP contribution in [0.25, 0.3) is 21.6 Å². The van der Waals surface area contributed by atoms with Crippen molar-refractivity contribution in [2.24, 2.45) is 0 Å². The van der Waals surface area contributed by atoms with Crippen LogP contribution in [0.2, 0.25) is 5.02 Å². The van der Waals surface area contributed by atoms with Gasteiger partial charge in [-0.15, -0.1) is 11.3 Å². The molecule has 2 aromatic carbocycles. The molecule has 0 saturated carbocycles. The summed E-state index contributed by atoms with van der Waals surface area (Å²) in [4.78, 5) is 33.5. The Hall–Kier alpha value is -2.96. The molecule has 0 aliphatic heterocycles. The third-order valence-corrected chi connectivity index (χ3v) is 7.46. The number of hydrogen-bond acceptors (Lipinski definition) is 4. The van der Waals surface area contributed by atoms with Crippen molar-refractivity contribution in [2.75, 3.05) is 5.32 Å². The second-order valence-corrected chi connectivity index (χ2v) is 9.59. The van der Waals surface area contributed by atoms with Crippen molar-refractivity contribution < 1.29 is 4.79 Å². The van der Waals surface area contributed by atoms with Gasteiger partial charge in [0.1, 0.15) is 17.2 Å². The molecule has 1 N–H and O–H groups in total. The Balaban J connectivity index is 1.59. The van der Waals surface area contributed by atoms with Gasteiger partial charge in [-0.25, -0.2) is 4.98 Å². The molecule has 5 rings (SSSR count). The van der Waals surface area contributed by atoms with Crippen LogP contribution in [0.15, 0.2) is 53.3 Å². The van der Waals surface area contributed by atoms with Crippen molar-refractivity contribution in [3.63, 3.8) is 0 Å². The number of nitrogens with one attached hydrogen (secondary N) is 1. The van der Waals surface area contributed by atoms with Crippen LogP contribution in [0.3, 0.4) is 0 Å². The predicted molar refractivity (Wildman–Crippen MR) is 131 cm³/mol. The maximum Gasteiger partial charge on any atom is 0.263 e. The summed E-state index contributed by atoms with van der Waals surface area (Å²) in [5.41, 5.74) is 3.31. The van der Waals surface area contributed by atoms with Crippen LogP contribution in [-0.4, -0.2) is 15.5 Å². The van der Waals surface area contributed by atoms with Gasteiger partial charge in [-0.05, 0) is 55.9 Å². The molecular weight excluding hydrogens is 442 g/mol. The highest BCUT2D eigenvalue weighted by Crippen LogP contribution is 2.34. The average Bonchev–Trinajstić information content (AvgIpc) is 3.17. The van der Waals surface area contributed by atoms with Crippen LogP contribution in [0.4, 0.5) is 5.69 Å². The molecule has 32 heavy (non-hydrogen) atoms. The molecule has 1 amide bonds. The number of anilines is 1. The maximum atomic E-state index is 13.7. The second kappa shape index (κ2) is 8.52. The number of carbonyl (C=O) groups is 1. The highest BCUT2D eigenvalue weighted by Gasteiger charge is 2.23. The third kappa shape index (κ3) is 3.85. The van der Waals surface area contributed by atoms with E-state index >= 15 is 0 Å². The summed E-state index contributed by atoms with van der Waals surface area (Å²) >= 11 is 7.81. The molecule has 2 aromatic heterocycles. The Kier molecular flexibility index (Phi) is 5.57. The van der Waals surface area contributed by atoms with E-state index < -0.39 is 0 Å². The summed E-state index contributed by atoms with van der Waals surface area (Å²) in [5, 5.41) is 4.12. The first-order valence-corrected chi connectivity index (χ1v) is 11.9. The highest BCUT2D eigenvalue weighted by molar-refractivity contribution is 7.18. The second-order valence-electron chi connectivity index (χ2n) is 8.10. The van der Waals surface area contributed by atoms with Gasteiger partial charge in [-0.1, -0.05) is 48.0 Å². The molecule has 0 bridgehead atoms. The lowest BCUT2D eigenvalue weighted by Crippen LogP contribution is -2.30. The molecular formula is C25H22ClN3O2S. The quantitative estimate of drug-likeness (QED) is 0.428. The van der Waals surface area contributed by atoms with Crippen molar-refractivity contribution in [2.45, 2.75) is 39.2 Å². The van der Waals surface area contributed by atoms with E-state index in [0.717, 1.165) is 47.2 Å². The van der Waals surface area contributed by atoms with Gasteiger partial charge in [-0.2, -0.15) is 0 Å². The molecule has 0 unspecified atom stereocenters. The zero-order valence-electron chi connectivity index (χ0n) is 17.7. The summed E-state index contributed by atoms with van der Waals surface area (Å²) < 4.78 is 1.50. The normalized spacial score (nSPS) is 13.2. The van der Waals surface area contributed by atoms with Crippen molar-refractivity contribution >= 4 is 44.7 Å². The van der Waals surface area contributed by atoms with Gasteiger partial charge in [0.2, 0.25) is 5.91 Å². The van der Waals surface area contributed by atoms with E-state index in [9.17, 15) is 9.59 Å². The van der Waals surface area contributed by atoms with E-state index in [1.807, 2.05) is 43.3 Å². The number of halogens is 1. The number of carbonyl (C=O) groups excluding carboxylic acids is 1. The van der Waals surface area contributed by atoms with Crippen LogP contribution in [0, 0.1) is 6.92 Å². The molecule has 0 spiro atoms. The van der Waals surface area contributed by atoms with Gasteiger partial charge in [0.15, 0.2) is 0 Å². The van der Waals surface area contributed by atoms with Gasteiger partial charge < -0.3 is 5.32 Å². The summed E-state index contributed by atoms with van der Waals surface area (Å²) in [6.45, 7) is 1.78. The molecule has 0 radical (unpaired) electrons. The summed E-state index contributed by atoms with van der Waals surface area (Å²) in [6.07, 6.45) is 4.10. The molecule has 0 atom stereocenters. The number of nitrogens with zero attached hydrogens (tertiary/aromatic N) is 2. The topological polar surface area (TPSA) is 64.0 Å². The zero-order valence-corrected chi connectivity index (χ0v) is 19.2. The van der Waals surface area contributed by atoms with Crippen LogP contribution in [0.1, 0.15) is 28.8 Å². The first-order chi connectivity index (χ1) is 15.5. The third-order valence-electron chi connectivity index (χ3n) is 5.86. The van der Waals surface area contributed by atoms with Crippen LogP contribution < -0.4 is 10.9 Å². The fourth-order valence-corrected chi connectivity index (χ4v) is 5.64. The fraction of sp³-hybridized carbons (Fsp3) is 0.240. The van der Waals surface area contributed by atoms with Crippen molar-refractivity contribution in [1.82, 2.24) is 9.55 Å². The van der Waals surface area contributed by atoms with Crippen LogP contribution in [-0.2, 0) is 24.2 Å². The first-order valence-electron chi connectivity index (χ1n) is 10.7. The molecule has 162 valence electrons. The van der Waals surface area contributed by atoms with Crippen molar-refractivity contribution in [3.05, 3.63) is 79.9 Å². The molecule has 2 heterocycles. The fourth-order valence-electron chi connectivity index (χ4n) is 4.21. The SMILES string of the molecule is Cc1ccc(NC(=O)Cn2c(-c3ccccc3)nc3sc4c(c3c2=O)CCCC4)cc1Cl. The van der Waals surface area contributed by atoms with Crippen LogP contribution >= 0.6 is 22.9 Å². The van der Waals surface area contributed by atoms with E-state index in [1.54, 1.807) is 23.5 Å². The van der Waals surface area contributed by atoms with E-state index in [-0.39, 0.29) is 18.0 Å². The Morgan fingerprint density at radius 2 is 1.94 bits per heavy atom. The standard InChI is InChI=1S/C25H22ClN3O2S/c1-15-11-12-17(13-19(15)26)27-21(30)14-29-23(16-7-3-2-4-8-16)28-24-22(25(29)31)18-9-5-6-10-20(18)32-24/h2-4,7-8,11-13H,5-6,9-10,14H2,1H3,(H,27,30). The number of aromatic nitrogens is 2. The summed E-state index contributed by atoms with van der Waals surface area (Å²) in [5.74, 6) is 0.216. The van der Waals surface area contributed by atoms with Crippen molar-refractivity contribution in [3.8, 4) is 11.4 Å². The molecule has 1 aliphatic carbocycles. The number of hydrogen-bond donors (Lipinski definition) is 1. The minimum absolute atomic E-state index is 0.123. The van der Waals surface area contributed by atoms with Gasteiger partial charge >= 0.3 is 0 Å². The molecule has 0 fully saturated rings. The predicted octanol–water partition coefficient (Wildman–Crippen LogP) is 5.60. The minimum atomic E-state index is -0.297. The number of amides is 1. The Bertz CT molecular complexity index is 1390. The molecule has 7 heteroatoms. The molecule has 0 saturated heterocycles. The minimum Gasteiger partial charge on any atom is -0.324 e. The number of rotatable bonds is 4. The van der Waals surface area contributed by atoms with E-state index in [1.165, 1.54) is 9.44 Å². The summed E-state index contributed by atoms with van der Waals surface area (Å²) in [7, 11) is 0. The van der Waals surface area contributed by atoms with Gasteiger partial charge in [0, 0.05) is 21.2 Å². The Labute approximate surface area is 194 Å². The summed E-state index contributed by atoms with van der Waals surface area (Å²) in [6, 6.07) is 14.9. The monoisotopic (exact) mass is 463 g/mol. The Morgan fingerprint density at radius 3 is 2.72 bits per heavy atom. The number of fused-ring (bicyclic) bond motifs is 3. The van der Waals surface area contributed by atoms with E-state index in [0.29, 0.717) is 21.9 Å². The number of thiophene rings is 1. The van der Waals surface area contributed by atoms with Gasteiger partial charge in [0.25, 0.3) is 5.56 Å². The number of aryl methyl sites for hydroxylation is 3. The smallest absolute Gasteiger partial charge is 0.263 e. The van der Waals surface area contributed by atoms with Gasteiger partial charge in [-0.3, -0.25) is 14.2 Å². The first kappa shape index (κ1) is 20.9. The Morgan fingerprint density at radius 1 is 1.16 bits per heavy atom. The lowest BCUT2D eigenvalue weighted by molar-refractivity contribution is -0.116. The van der Waals surface area contributed by atoms with Crippen LogP contribution in [0.5, 0.6) is 0 Å².